The fraction of sp³-hybridized carbons (Fsp3) is 0.278. The summed E-state index contributed by atoms with van der Waals surface area (Å²) in [5.74, 6) is -0.320. The molecule has 0 spiro atoms. The lowest BCUT2D eigenvalue weighted by Gasteiger charge is -2.17. The highest BCUT2D eigenvalue weighted by molar-refractivity contribution is 7.89. The van der Waals surface area contributed by atoms with Crippen LogP contribution in [0.5, 0.6) is 0 Å². The zero-order valence-corrected chi connectivity index (χ0v) is 15.7. The highest BCUT2D eigenvalue weighted by Gasteiger charge is 2.38. The van der Waals surface area contributed by atoms with Crippen LogP contribution in [0.1, 0.15) is 19.4 Å². The van der Waals surface area contributed by atoms with E-state index in [1.807, 2.05) is 6.92 Å². The maximum Gasteiger partial charge on any atom is 0.404 e. The second-order valence-corrected chi connectivity index (χ2v) is 8.05. The van der Waals surface area contributed by atoms with Crippen LogP contribution in [0.4, 0.5) is 17.6 Å². The van der Waals surface area contributed by atoms with Crippen molar-refractivity contribution in [1.82, 2.24) is 14.7 Å². The van der Waals surface area contributed by atoms with Crippen molar-refractivity contribution in [1.29, 1.82) is 0 Å². The normalized spacial score (nSPS) is 13.8. The van der Waals surface area contributed by atoms with E-state index in [0.717, 1.165) is 12.3 Å². The van der Waals surface area contributed by atoms with Crippen LogP contribution in [0, 0.1) is 5.82 Å². The van der Waals surface area contributed by atoms with E-state index in [-0.39, 0.29) is 10.7 Å². The number of pyridine rings is 1. The van der Waals surface area contributed by atoms with E-state index < -0.39 is 22.2 Å². The minimum absolute atomic E-state index is 0.320. The molecule has 0 aliphatic carbocycles. The molecule has 0 radical (unpaired) electrons. The molecule has 0 saturated carbocycles. The van der Waals surface area contributed by atoms with Gasteiger partial charge in [-0.15, -0.1) is 0 Å². The Morgan fingerprint density at radius 1 is 1.21 bits per heavy atom. The number of sulfonamides is 1. The summed E-state index contributed by atoms with van der Waals surface area (Å²) in [6.45, 7) is 2.55. The summed E-state index contributed by atoms with van der Waals surface area (Å²) < 4.78 is 77.4. The van der Waals surface area contributed by atoms with Gasteiger partial charge in [0.1, 0.15) is 16.8 Å². The smallest absolute Gasteiger partial charge is 0.353 e. The number of halogens is 4. The van der Waals surface area contributed by atoms with E-state index >= 15 is 0 Å². The van der Waals surface area contributed by atoms with Gasteiger partial charge in [0, 0.05) is 17.1 Å². The van der Waals surface area contributed by atoms with Crippen molar-refractivity contribution < 1.29 is 26.0 Å². The number of aromatic nitrogens is 2. The van der Waals surface area contributed by atoms with E-state index in [1.165, 1.54) is 12.1 Å². The molecule has 1 unspecified atom stereocenters. The van der Waals surface area contributed by atoms with Gasteiger partial charge in [-0.2, -0.15) is 17.9 Å². The lowest BCUT2D eigenvalue weighted by molar-refractivity contribution is -0.147. The Morgan fingerprint density at radius 3 is 2.50 bits per heavy atom. The van der Waals surface area contributed by atoms with Crippen LogP contribution in [0.25, 0.3) is 22.3 Å². The number of H-pyrrole nitrogens is 1. The molecule has 28 heavy (non-hydrogen) atoms. The van der Waals surface area contributed by atoms with Gasteiger partial charge in [0.05, 0.1) is 11.4 Å². The summed E-state index contributed by atoms with van der Waals surface area (Å²) in [4.78, 5) is 6.71. The van der Waals surface area contributed by atoms with Crippen molar-refractivity contribution in [2.45, 2.75) is 37.4 Å². The van der Waals surface area contributed by atoms with Crippen LogP contribution in [0.3, 0.4) is 0 Å². The standard InChI is InChI=1S/C18H17F4N3O2S/c1-3-11-7-16-12(6-14(11)19)8-17(24-16)15-5-4-13(9-23-15)28(26,27)25-10(2)18(20,21)22/h4-10,24-25H,3H2,1-2H3. The number of hydrogen-bond donors (Lipinski definition) is 2. The Balaban J connectivity index is 1.89. The minimum Gasteiger partial charge on any atom is -0.353 e. The molecule has 0 bridgehead atoms. The molecule has 3 rings (SSSR count). The predicted octanol–water partition coefficient (Wildman–Crippen LogP) is 4.16. The van der Waals surface area contributed by atoms with E-state index in [1.54, 1.807) is 16.9 Å². The predicted molar refractivity (Wildman–Crippen MR) is 96.7 cm³/mol. The number of rotatable bonds is 5. The molecule has 0 saturated heterocycles. The fourth-order valence-corrected chi connectivity index (χ4v) is 3.85. The maximum atomic E-state index is 13.9. The van der Waals surface area contributed by atoms with Gasteiger partial charge in [0.25, 0.3) is 0 Å². The molecule has 3 aromatic rings. The Morgan fingerprint density at radius 2 is 1.93 bits per heavy atom. The molecule has 0 fully saturated rings. The Hall–Kier alpha value is -2.46. The van der Waals surface area contributed by atoms with E-state index in [9.17, 15) is 26.0 Å². The second kappa shape index (κ2) is 7.17. The van der Waals surface area contributed by atoms with Crippen molar-refractivity contribution in [2.75, 3.05) is 0 Å². The van der Waals surface area contributed by atoms with Crippen molar-refractivity contribution >= 4 is 20.9 Å². The zero-order valence-electron chi connectivity index (χ0n) is 14.9. The number of nitrogens with one attached hydrogen (secondary N) is 2. The van der Waals surface area contributed by atoms with Gasteiger partial charge in [-0.1, -0.05) is 6.92 Å². The third-order valence-corrected chi connectivity index (χ3v) is 5.84. The van der Waals surface area contributed by atoms with Gasteiger partial charge in [-0.25, -0.2) is 12.8 Å². The third-order valence-electron chi connectivity index (χ3n) is 4.31. The molecule has 2 aromatic heterocycles. The number of aromatic amines is 1. The molecular weight excluding hydrogens is 398 g/mol. The summed E-state index contributed by atoms with van der Waals surface area (Å²) in [7, 11) is -4.37. The van der Waals surface area contributed by atoms with Crippen LogP contribution in [-0.2, 0) is 16.4 Å². The quantitative estimate of drug-likeness (QED) is 0.615. The lowest BCUT2D eigenvalue weighted by atomic mass is 10.1. The summed E-state index contributed by atoms with van der Waals surface area (Å²) >= 11 is 0. The number of aryl methyl sites for hydroxylation is 1. The Bertz CT molecular complexity index is 1110. The number of fused-ring (bicyclic) bond motifs is 1. The van der Waals surface area contributed by atoms with Crippen LogP contribution >= 0.6 is 0 Å². The topological polar surface area (TPSA) is 74.8 Å². The van der Waals surface area contributed by atoms with Crippen molar-refractivity contribution in [3.63, 3.8) is 0 Å². The van der Waals surface area contributed by atoms with Gasteiger partial charge in [-0.05, 0) is 49.2 Å². The number of benzene rings is 1. The maximum absolute atomic E-state index is 13.9. The first-order chi connectivity index (χ1) is 13.0. The van der Waals surface area contributed by atoms with Gasteiger partial charge < -0.3 is 4.98 Å². The molecule has 0 amide bonds. The fourth-order valence-electron chi connectivity index (χ4n) is 2.67. The van der Waals surface area contributed by atoms with E-state index in [2.05, 4.69) is 9.97 Å². The molecular formula is C18H17F4N3O2S. The number of hydrogen-bond acceptors (Lipinski definition) is 3. The second-order valence-electron chi connectivity index (χ2n) is 6.33. The average molecular weight is 415 g/mol. The van der Waals surface area contributed by atoms with Gasteiger partial charge >= 0.3 is 6.18 Å². The molecule has 0 aliphatic rings. The molecule has 2 N–H and O–H groups in total. The number of nitrogens with zero attached hydrogens (tertiary/aromatic N) is 1. The van der Waals surface area contributed by atoms with E-state index in [4.69, 9.17) is 0 Å². The zero-order chi connectivity index (χ0) is 20.7. The van der Waals surface area contributed by atoms with Crippen LogP contribution in [0.2, 0.25) is 0 Å². The first-order valence-corrected chi connectivity index (χ1v) is 9.86. The van der Waals surface area contributed by atoms with Crippen LogP contribution in [0.15, 0.2) is 41.4 Å². The number of alkyl halides is 3. The SMILES string of the molecule is CCc1cc2[nH]c(-c3ccc(S(=O)(=O)NC(C)C(F)(F)F)cn3)cc2cc1F. The van der Waals surface area contributed by atoms with Crippen LogP contribution < -0.4 is 4.72 Å². The summed E-state index contributed by atoms with van der Waals surface area (Å²) in [5, 5.41) is 0.629. The Kier molecular flexibility index (Phi) is 5.20. The molecule has 2 heterocycles. The molecule has 150 valence electrons. The molecule has 1 atom stereocenters. The summed E-state index contributed by atoms with van der Waals surface area (Å²) in [5.41, 5.74) is 2.16. The monoisotopic (exact) mass is 415 g/mol. The molecule has 10 heteroatoms. The average Bonchev–Trinajstić information content (AvgIpc) is 3.02. The van der Waals surface area contributed by atoms with Crippen molar-refractivity contribution in [2.24, 2.45) is 0 Å². The molecule has 5 nitrogen and oxygen atoms in total. The largest absolute Gasteiger partial charge is 0.404 e. The molecule has 1 aromatic carbocycles. The lowest BCUT2D eigenvalue weighted by Crippen LogP contribution is -2.42. The summed E-state index contributed by atoms with van der Waals surface area (Å²) in [6.07, 6.45) is -3.19. The van der Waals surface area contributed by atoms with Crippen molar-refractivity contribution in [3.05, 3.63) is 47.9 Å². The van der Waals surface area contributed by atoms with Crippen LogP contribution in [-0.4, -0.2) is 30.6 Å². The summed E-state index contributed by atoms with van der Waals surface area (Å²) in [6, 6.07) is 5.06. The van der Waals surface area contributed by atoms with Gasteiger partial charge in [0.15, 0.2) is 0 Å². The Labute approximate surface area is 158 Å². The minimum atomic E-state index is -4.70. The van der Waals surface area contributed by atoms with Gasteiger partial charge in [0.2, 0.25) is 10.0 Å². The highest BCUT2D eigenvalue weighted by atomic mass is 32.2. The van der Waals surface area contributed by atoms with Gasteiger partial charge in [-0.3, -0.25) is 4.98 Å². The van der Waals surface area contributed by atoms with E-state index in [0.29, 0.717) is 41.2 Å². The first-order valence-electron chi connectivity index (χ1n) is 8.38. The first kappa shape index (κ1) is 20.3. The third kappa shape index (κ3) is 4.02. The molecule has 0 aliphatic heterocycles. The van der Waals surface area contributed by atoms with Crippen molar-refractivity contribution in [3.8, 4) is 11.4 Å². The highest BCUT2D eigenvalue weighted by Crippen LogP contribution is 2.26.